The monoisotopic (exact) mass is 381 g/mol. The maximum absolute atomic E-state index is 12.5. The molecule has 0 radical (unpaired) electrons. The molecule has 0 spiro atoms. The summed E-state index contributed by atoms with van der Waals surface area (Å²) in [7, 11) is -2.33. The number of aryl methyl sites for hydroxylation is 1. The molecule has 0 unspecified atom stereocenters. The zero-order valence-electron chi connectivity index (χ0n) is 15.0. The van der Waals surface area contributed by atoms with E-state index in [1.165, 1.54) is 12.1 Å². The molecule has 6 heteroatoms. The molecule has 0 amide bonds. The smallest absolute Gasteiger partial charge is 0.339 e. The molecule has 0 atom stereocenters. The SMILES string of the molecule is COc1ccc(N=Cc2ccccc2OS(=O)(=O)c2ccc(C)cc2)cc1. The van der Waals surface area contributed by atoms with Gasteiger partial charge in [0, 0.05) is 11.8 Å². The summed E-state index contributed by atoms with van der Waals surface area (Å²) in [6.45, 7) is 1.89. The first-order chi connectivity index (χ1) is 13.0. The summed E-state index contributed by atoms with van der Waals surface area (Å²) in [5.41, 5.74) is 2.25. The van der Waals surface area contributed by atoms with E-state index < -0.39 is 10.1 Å². The third kappa shape index (κ3) is 4.74. The van der Waals surface area contributed by atoms with Crippen molar-refractivity contribution in [3.63, 3.8) is 0 Å². The van der Waals surface area contributed by atoms with Crippen molar-refractivity contribution in [2.24, 2.45) is 4.99 Å². The fourth-order valence-electron chi connectivity index (χ4n) is 2.35. The Hall–Kier alpha value is -3.12. The van der Waals surface area contributed by atoms with Crippen LogP contribution in [0, 0.1) is 6.92 Å². The largest absolute Gasteiger partial charge is 0.497 e. The Kier molecular flexibility index (Phi) is 5.57. The second-order valence-corrected chi connectivity index (χ2v) is 7.39. The minimum atomic E-state index is -3.92. The van der Waals surface area contributed by atoms with Crippen molar-refractivity contribution < 1.29 is 17.3 Å². The Balaban J connectivity index is 1.85. The zero-order valence-corrected chi connectivity index (χ0v) is 15.8. The van der Waals surface area contributed by atoms with Gasteiger partial charge >= 0.3 is 10.1 Å². The van der Waals surface area contributed by atoms with Crippen molar-refractivity contribution in [1.29, 1.82) is 0 Å². The van der Waals surface area contributed by atoms with E-state index in [-0.39, 0.29) is 10.6 Å². The van der Waals surface area contributed by atoms with Crippen LogP contribution in [0.4, 0.5) is 5.69 Å². The summed E-state index contributed by atoms with van der Waals surface area (Å²) in [6.07, 6.45) is 1.57. The van der Waals surface area contributed by atoms with Crippen LogP contribution in [0.2, 0.25) is 0 Å². The molecular formula is C21H19NO4S. The number of hydrogen-bond acceptors (Lipinski definition) is 5. The summed E-state index contributed by atoms with van der Waals surface area (Å²) in [4.78, 5) is 4.48. The first kappa shape index (κ1) is 18.7. The van der Waals surface area contributed by atoms with Crippen molar-refractivity contribution in [3.05, 3.63) is 83.9 Å². The molecule has 0 aliphatic rings. The van der Waals surface area contributed by atoms with Gasteiger partial charge in [-0.2, -0.15) is 8.42 Å². The van der Waals surface area contributed by atoms with Gasteiger partial charge in [-0.15, -0.1) is 0 Å². The van der Waals surface area contributed by atoms with E-state index >= 15 is 0 Å². The number of para-hydroxylation sites is 1. The predicted molar refractivity (Wildman–Crippen MR) is 106 cm³/mol. The lowest BCUT2D eigenvalue weighted by atomic mass is 10.2. The molecule has 0 saturated heterocycles. The summed E-state index contributed by atoms with van der Waals surface area (Å²) in [5, 5.41) is 0. The van der Waals surface area contributed by atoms with Crippen molar-refractivity contribution in [2.45, 2.75) is 11.8 Å². The van der Waals surface area contributed by atoms with Crippen LogP contribution in [-0.4, -0.2) is 21.7 Å². The van der Waals surface area contributed by atoms with Gasteiger partial charge in [0.15, 0.2) is 5.75 Å². The number of methoxy groups -OCH3 is 1. The van der Waals surface area contributed by atoms with E-state index in [0.717, 1.165) is 11.3 Å². The van der Waals surface area contributed by atoms with Crippen LogP contribution in [0.15, 0.2) is 82.7 Å². The summed E-state index contributed by atoms with van der Waals surface area (Å²) in [6, 6.07) is 20.6. The van der Waals surface area contributed by atoms with Crippen LogP contribution < -0.4 is 8.92 Å². The van der Waals surface area contributed by atoms with Gasteiger partial charge in [0.25, 0.3) is 0 Å². The second kappa shape index (κ2) is 8.05. The van der Waals surface area contributed by atoms with Crippen molar-refractivity contribution in [1.82, 2.24) is 0 Å². The number of aliphatic imine (C=N–C) groups is 1. The Bertz CT molecular complexity index is 1040. The van der Waals surface area contributed by atoms with Gasteiger partial charge in [0.05, 0.1) is 12.8 Å². The van der Waals surface area contributed by atoms with Gasteiger partial charge in [0.2, 0.25) is 0 Å². The minimum Gasteiger partial charge on any atom is -0.497 e. The maximum atomic E-state index is 12.5. The van der Waals surface area contributed by atoms with E-state index in [9.17, 15) is 8.42 Å². The topological polar surface area (TPSA) is 65.0 Å². The van der Waals surface area contributed by atoms with Gasteiger partial charge in [-0.25, -0.2) is 0 Å². The standard InChI is InChI=1S/C21H19NO4S/c1-16-7-13-20(14-8-16)27(23,24)26-21-6-4-3-5-17(21)15-22-18-9-11-19(25-2)12-10-18/h3-15H,1-2H3. The number of ether oxygens (including phenoxy) is 1. The highest BCUT2D eigenvalue weighted by Crippen LogP contribution is 2.23. The molecule has 3 rings (SSSR count). The van der Waals surface area contributed by atoms with Gasteiger partial charge < -0.3 is 8.92 Å². The van der Waals surface area contributed by atoms with Crippen molar-refractivity contribution in [3.8, 4) is 11.5 Å². The second-order valence-electron chi connectivity index (χ2n) is 5.84. The van der Waals surface area contributed by atoms with Crippen LogP contribution in [0.5, 0.6) is 11.5 Å². The van der Waals surface area contributed by atoms with Crippen molar-refractivity contribution >= 4 is 22.0 Å². The molecule has 5 nitrogen and oxygen atoms in total. The Morgan fingerprint density at radius 1 is 0.889 bits per heavy atom. The van der Waals surface area contributed by atoms with Crippen LogP contribution >= 0.6 is 0 Å². The van der Waals surface area contributed by atoms with Gasteiger partial charge in [0.1, 0.15) is 10.6 Å². The summed E-state index contributed by atoms with van der Waals surface area (Å²) in [5.74, 6) is 0.956. The van der Waals surface area contributed by atoms with Crippen LogP contribution in [0.1, 0.15) is 11.1 Å². The van der Waals surface area contributed by atoms with E-state index in [0.29, 0.717) is 11.3 Å². The normalized spacial score (nSPS) is 11.5. The van der Waals surface area contributed by atoms with Crippen LogP contribution in [0.3, 0.4) is 0 Å². The Morgan fingerprint density at radius 3 is 2.22 bits per heavy atom. The summed E-state index contributed by atoms with van der Waals surface area (Å²) >= 11 is 0. The fraction of sp³-hybridized carbons (Fsp3) is 0.0952. The van der Waals surface area contributed by atoms with E-state index in [1.54, 1.807) is 61.9 Å². The van der Waals surface area contributed by atoms with E-state index in [1.807, 2.05) is 19.1 Å². The Morgan fingerprint density at radius 2 is 1.56 bits per heavy atom. The van der Waals surface area contributed by atoms with Crippen LogP contribution in [-0.2, 0) is 10.1 Å². The Labute approximate surface area is 159 Å². The van der Waals surface area contributed by atoms with Crippen molar-refractivity contribution in [2.75, 3.05) is 7.11 Å². The highest BCUT2D eigenvalue weighted by molar-refractivity contribution is 7.87. The van der Waals surface area contributed by atoms with Gasteiger partial charge in [-0.3, -0.25) is 4.99 Å². The molecule has 27 heavy (non-hydrogen) atoms. The molecule has 0 N–H and O–H groups in total. The quantitative estimate of drug-likeness (QED) is 0.465. The van der Waals surface area contributed by atoms with E-state index in [2.05, 4.69) is 4.99 Å². The average Bonchev–Trinajstić information content (AvgIpc) is 2.68. The zero-order chi connectivity index (χ0) is 19.3. The molecule has 3 aromatic carbocycles. The molecule has 0 bridgehead atoms. The lowest BCUT2D eigenvalue weighted by molar-refractivity contribution is 0.415. The molecule has 0 saturated carbocycles. The first-order valence-corrected chi connectivity index (χ1v) is 9.67. The average molecular weight is 381 g/mol. The molecule has 138 valence electrons. The lowest BCUT2D eigenvalue weighted by Gasteiger charge is -2.09. The maximum Gasteiger partial charge on any atom is 0.339 e. The minimum absolute atomic E-state index is 0.106. The highest BCUT2D eigenvalue weighted by Gasteiger charge is 2.17. The lowest BCUT2D eigenvalue weighted by Crippen LogP contribution is -2.10. The number of benzene rings is 3. The molecular weight excluding hydrogens is 362 g/mol. The number of hydrogen-bond donors (Lipinski definition) is 0. The molecule has 0 aromatic heterocycles. The van der Waals surface area contributed by atoms with Crippen LogP contribution in [0.25, 0.3) is 0 Å². The fourth-order valence-corrected chi connectivity index (χ4v) is 3.30. The molecule has 0 aliphatic carbocycles. The molecule has 3 aromatic rings. The molecule has 0 aliphatic heterocycles. The number of rotatable bonds is 6. The van der Waals surface area contributed by atoms with Gasteiger partial charge in [-0.1, -0.05) is 29.8 Å². The first-order valence-electron chi connectivity index (χ1n) is 8.26. The third-order valence-corrected chi connectivity index (χ3v) is 5.10. The van der Waals surface area contributed by atoms with E-state index in [4.69, 9.17) is 8.92 Å². The van der Waals surface area contributed by atoms with Gasteiger partial charge in [-0.05, 0) is 55.5 Å². The molecule has 0 heterocycles. The highest BCUT2D eigenvalue weighted by atomic mass is 32.2. The summed E-state index contributed by atoms with van der Waals surface area (Å²) < 4.78 is 35.5. The molecule has 0 fully saturated rings. The number of nitrogens with zero attached hydrogens (tertiary/aromatic N) is 1. The predicted octanol–water partition coefficient (Wildman–Crippen LogP) is 4.52. The third-order valence-electron chi connectivity index (χ3n) is 3.85.